The van der Waals surface area contributed by atoms with E-state index in [1.54, 1.807) is 13.4 Å². The highest BCUT2D eigenvalue weighted by atomic mass is 16.4. The summed E-state index contributed by atoms with van der Waals surface area (Å²) in [5, 5.41) is 19.5. The SMILES string of the molecule is C=NN(C=NC)c1ccc(-c2nnc(NC3N=C(c4ccccc4)c4ccccc4NC3=O)o2)cc1. The molecule has 0 aliphatic carbocycles. The Balaban J connectivity index is 1.41. The Morgan fingerprint density at radius 3 is 2.50 bits per heavy atom. The van der Waals surface area contributed by atoms with E-state index in [1.807, 2.05) is 78.9 Å². The highest BCUT2D eigenvalue weighted by Gasteiger charge is 2.27. The minimum Gasteiger partial charge on any atom is -0.403 e. The second-order valence-corrected chi connectivity index (χ2v) is 7.74. The number of rotatable bonds is 7. The molecule has 10 nitrogen and oxygen atoms in total. The van der Waals surface area contributed by atoms with Gasteiger partial charge in [-0.3, -0.25) is 9.79 Å². The quantitative estimate of drug-likeness (QED) is 0.235. The highest BCUT2D eigenvalue weighted by molar-refractivity contribution is 6.19. The molecule has 4 aromatic rings. The summed E-state index contributed by atoms with van der Waals surface area (Å²) in [4.78, 5) is 21.7. The molecule has 1 unspecified atom stereocenters. The van der Waals surface area contributed by atoms with Gasteiger partial charge in [0.1, 0.15) is 6.34 Å². The van der Waals surface area contributed by atoms with Gasteiger partial charge in [-0.2, -0.15) is 5.10 Å². The number of carbonyl (C=O) groups is 1. The van der Waals surface area contributed by atoms with Gasteiger partial charge in [-0.25, -0.2) is 10.0 Å². The number of nitrogens with one attached hydrogen (secondary N) is 2. The Morgan fingerprint density at radius 2 is 1.75 bits per heavy atom. The normalized spacial score (nSPS) is 15.0. The van der Waals surface area contributed by atoms with E-state index in [-0.39, 0.29) is 17.8 Å². The standard InChI is InChI=1S/C26H22N8O2/c1-27-16-34(28-2)19-14-12-18(13-15-19)25-32-33-26(36-25)31-23-24(35)29-21-11-7-6-10-20(21)22(30-23)17-8-4-3-5-9-17/h3-16,23H,2H2,1H3,(H,29,35)(H,31,33). The van der Waals surface area contributed by atoms with E-state index < -0.39 is 6.17 Å². The lowest BCUT2D eigenvalue weighted by atomic mass is 10.0. The number of benzodiazepines with no additional fused rings is 1. The third kappa shape index (κ3) is 4.60. The highest BCUT2D eigenvalue weighted by Crippen LogP contribution is 2.26. The molecule has 5 rings (SSSR count). The topological polar surface area (TPSA) is 120 Å². The van der Waals surface area contributed by atoms with Crippen LogP contribution in [-0.2, 0) is 4.79 Å². The van der Waals surface area contributed by atoms with E-state index in [1.165, 1.54) is 5.01 Å². The smallest absolute Gasteiger partial charge is 0.317 e. The number of para-hydroxylation sites is 1. The molecule has 2 heterocycles. The van der Waals surface area contributed by atoms with Crippen molar-refractivity contribution < 1.29 is 9.21 Å². The number of carbonyl (C=O) groups excluding carboxylic acids is 1. The second kappa shape index (κ2) is 10.0. The summed E-state index contributed by atoms with van der Waals surface area (Å²) in [6.45, 7) is 3.54. The second-order valence-electron chi connectivity index (χ2n) is 7.74. The first-order valence-corrected chi connectivity index (χ1v) is 11.1. The molecule has 0 bridgehead atoms. The van der Waals surface area contributed by atoms with Gasteiger partial charge in [0, 0.05) is 30.5 Å². The number of anilines is 3. The summed E-state index contributed by atoms with van der Waals surface area (Å²) in [6.07, 6.45) is 0.570. The minimum absolute atomic E-state index is 0.0730. The fraction of sp³-hybridized carbons (Fsp3) is 0.0769. The maximum atomic E-state index is 13.0. The molecule has 178 valence electrons. The number of aliphatic imine (C=N–C) groups is 2. The molecule has 2 N–H and O–H groups in total. The van der Waals surface area contributed by atoms with Crippen molar-refractivity contribution in [3.05, 3.63) is 90.0 Å². The van der Waals surface area contributed by atoms with Gasteiger partial charge in [-0.05, 0) is 30.3 Å². The van der Waals surface area contributed by atoms with Crippen LogP contribution in [-0.4, -0.2) is 48.1 Å². The third-order valence-electron chi connectivity index (χ3n) is 5.44. The Bertz CT molecular complexity index is 1440. The van der Waals surface area contributed by atoms with Gasteiger partial charge in [-0.15, -0.1) is 5.10 Å². The van der Waals surface area contributed by atoms with E-state index >= 15 is 0 Å². The fourth-order valence-corrected chi connectivity index (χ4v) is 3.75. The van der Waals surface area contributed by atoms with Gasteiger partial charge >= 0.3 is 6.01 Å². The van der Waals surface area contributed by atoms with Crippen LogP contribution in [0.3, 0.4) is 0 Å². The molecule has 0 fully saturated rings. The van der Waals surface area contributed by atoms with Crippen molar-refractivity contribution in [2.75, 3.05) is 22.7 Å². The number of hydrogen-bond acceptors (Lipinski definition) is 8. The third-order valence-corrected chi connectivity index (χ3v) is 5.44. The lowest BCUT2D eigenvalue weighted by molar-refractivity contribution is -0.116. The predicted molar refractivity (Wildman–Crippen MR) is 141 cm³/mol. The molecule has 36 heavy (non-hydrogen) atoms. The number of amides is 1. The summed E-state index contributed by atoms with van der Waals surface area (Å²) >= 11 is 0. The fourth-order valence-electron chi connectivity index (χ4n) is 3.75. The molecule has 1 atom stereocenters. The molecule has 0 radical (unpaired) electrons. The van der Waals surface area contributed by atoms with Gasteiger partial charge in [-0.1, -0.05) is 53.6 Å². The van der Waals surface area contributed by atoms with Crippen molar-refractivity contribution in [2.24, 2.45) is 15.1 Å². The van der Waals surface area contributed by atoms with Crippen LogP contribution in [0.25, 0.3) is 11.5 Å². The number of benzene rings is 3. The number of hydrazone groups is 1. The van der Waals surface area contributed by atoms with Crippen molar-refractivity contribution in [1.82, 2.24) is 10.2 Å². The molecule has 1 aliphatic heterocycles. The van der Waals surface area contributed by atoms with Gasteiger partial charge in [0.2, 0.25) is 12.1 Å². The van der Waals surface area contributed by atoms with Gasteiger partial charge in [0.15, 0.2) is 0 Å². The van der Waals surface area contributed by atoms with Crippen molar-refractivity contribution in [3.8, 4) is 11.5 Å². The Morgan fingerprint density at radius 1 is 1.00 bits per heavy atom. The van der Waals surface area contributed by atoms with Crippen molar-refractivity contribution in [1.29, 1.82) is 0 Å². The number of fused-ring (bicyclic) bond motifs is 1. The summed E-state index contributed by atoms with van der Waals surface area (Å²) in [5.41, 5.74) is 4.53. The lowest BCUT2D eigenvalue weighted by Gasteiger charge is -2.12. The first kappa shape index (κ1) is 22.7. The van der Waals surface area contributed by atoms with E-state index in [0.717, 1.165) is 16.8 Å². The van der Waals surface area contributed by atoms with Crippen molar-refractivity contribution in [2.45, 2.75) is 6.17 Å². The average Bonchev–Trinajstić information content (AvgIpc) is 3.34. The van der Waals surface area contributed by atoms with Crippen LogP contribution >= 0.6 is 0 Å². The number of hydrogen-bond donors (Lipinski definition) is 2. The summed E-state index contributed by atoms with van der Waals surface area (Å²) in [6, 6.07) is 24.6. The van der Waals surface area contributed by atoms with Gasteiger partial charge < -0.3 is 15.1 Å². The van der Waals surface area contributed by atoms with Gasteiger partial charge in [0.25, 0.3) is 5.91 Å². The Kier molecular flexibility index (Phi) is 6.31. The molecule has 0 saturated heterocycles. The van der Waals surface area contributed by atoms with E-state index in [0.29, 0.717) is 17.0 Å². The monoisotopic (exact) mass is 478 g/mol. The van der Waals surface area contributed by atoms with Crippen LogP contribution in [0, 0.1) is 0 Å². The van der Waals surface area contributed by atoms with Crippen LogP contribution in [0.15, 0.2) is 98.4 Å². The van der Waals surface area contributed by atoms with E-state index in [4.69, 9.17) is 9.41 Å². The molecule has 1 aliphatic rings. The van der Waals surface area contributed by atoms with E-state index in [9.17, 15) is 4.79 Å². The lowest BCUT2D eigenvalue weighted by Crippen LogP contribution is -2.32. The molecule has 1 amide bonds. The Labute approximate surface area is 207 Å². The van der Waals surface area contributed by atoms with Crippen molar-refractivity contribution >= 4 is 42.1 Å². The van der Waals surface area contributed by atoms with Crippen LogP contribution in [0.5, 0.6) is 0 Å². The zero-order valence-corrected chi connectivity index (χ0v) is 19.4. The predicted octanol–water partition coefficient (Wildman–Crippen LogP) is 4.04. The maximum absolute atomic E-state index is 13.0. The van der Waals surface area contributed by atoms with Crippen LogP contribution in [0.2, 0.25) is 0 Å². The molecule has 0 spiro atoms. The first-order chi connectivity index (χ1) is 17.7. The zero-order valence-electron chi connectivity index (χ0n) is 19.4. The summed E-state index contributed by atoms with van der Waals surface area (Å²) in [5.74, 6) is -0.0528. The molecular weight excluding hydrogens is 456 g/mol. The molecule has 1 aromatic heterocycles. The molecular formula is C26H22N8O2. The minimum atomic E-state index is -0.983. The number of aromatic nitrogens is 2. The average molecular weight is 479 g/mol. The van der Waals surface area contributed by atoms with Gasteiger partial charge in [0.05, 0.1) is 17.1 Å². The molecule has 0 saturated carbocycles. The molecule has 10 heteroatoms. The summed E-state index contributed by atoms with van der Waals surface area (Å²) in [7, 11) is 1.65. The zero-order chi connectivity index (χ0) is 24.9. The summed E-state index contributed by atoms with van der Waals surface area (Å²) < 4.78 is 5.80. The van der Waals surface area contributed by atoms with Crippen LogP contribution in [0.4, 0.5) is 17.4 Å². The van der Waals surface area contributed by atoms with Crippen LogP contribution < -0.4 is 15.6 Å². The van der Waals surface area contributed by atoms with Crippen molar-refractivity contribution in [3.63, 3.8) is 0 Å². The number of nitrogens with zero attached hydrogens (tertiary/aromatic N) is 6. The van der Waals surface area contributed by atoms with Crippen LogP contribution in [0.1, 0.15) is 11.1 Å². The Hall–Kier alpha value is -5.12. The molecule has 3 aromatic carbocycles. The maximum Gasteiger partial charge on any atom is 0.317 e. The van der Waals surface area contributed by atoms with E-state index in [2.05, 4.69) is 37.6 Å². The largest absolute Gasteiger partial charge is 0.403 e. The first-order valence-electron chi connectivity index (χ1n) is 11.1.